The van der Waals surface area contributed by atoms with Crippen LogP contribution in [0.4, 0.5) is 0 Å². The molecule has 0 spiro atoms. The van der Waals surface area contributed by atoms with E-state index in [1.165, 1.54) is 11.6 Å². The third kappa shape index (κ3) is 4.81. The molecule has 1 heterocycles. The number of aliphatic imine (C=N–C) groups is 1. The van der Waals surface area contributed by atoms with Gasteiger partial charge in [-0.15, -0.1) is 0 Å². The van der Waals surface area contributed by atoms with Crippen molar-refractivity contribution in [3.63, 3.8) is 0 Å². The molecule has 0 atom stereocenters. The van der Waals surface area contributed by atoms with Crippen LogP contribution in [0.25, 0.3) is 6.08 Å². The van der Waals surface area contributed by atoms with E-state index in [1.54, 1.807) is 6.08 Å². The van der Waals surface area contributed by atoms with Crippen LogP contribution in [0.5, 0.6) is 5.75 Å². The van der Waals surface area contributed by atoms with E-state index in [9.17, 15) is 4.79 Å². The Morgan fingerprint density at radius 2 is 1.86 bits per heavy atom. The molecule has 1 aliphatic heterocycles. The first-order chi connectivity index (χ1) is 10.3. The molecular formula is C16H14N2O2S. The molecule has 1 amide bonds. The van der Waals surface area contributed by atoms with Crippen LogP contribution in [0.2, 0.25) is 0 Å². The Labute approximate surface area is 127 Å². The minimum atomic E-state index is -0.605. The van der Waals surface area contributed by atoms with Gasteiger partial charge in [-0.1, -0.05) is 48.6 Å². The zero-order valence-corrected chi connectivity index (χ0v) is 12.0. The van der Waals surface area contributed by atoms with Gasteiger partial charge in [-0.3, -0.25) is 9.79 Å². The normalized spacial score (nSPS) is 14.8. The number of hydrogen-bond acceptors (Lipinski definition) is 4. The molecule has 0 saturated carbocycles. The molecule has 0 aliphatic carbocycles. The van der Waals surface area contributed by atoms with Gasteiger partial charge in [0, 0.05) is 17.2 Å². The first-order valence-corrected chi connectivity index (χ1v) is 7.04. The van der Waals surface area contributed by atoms with E-state index in [-0.39, 0.29) is 5.70 Å². The molecule has 0 unspecified atom stereocenters. The number of primary amides is 1. The van der Waals surface area contributed by atoms with Gasteiger partial charge in [0.25, 0.3) is 5.91 Å². The van der Waals surface area contributed by atoms with E-state index in [4.69, 9.17) is 9.92 Å². The van der Waals surface area contributed by atoms with Gasteiger partial charge >= 0.3 is 0 Å². The van der Waals surface area contributed by atoms with E-state index in [1.807, 2.05) is 54.6 Å². The first kappa shape index (κ1) is 14.9. The van der Waals surface area contributed by atoms with Crippen molar-refractivity contribution < 1.29 is 8.98 Å². The highest BCUT2D eigenvalue weighted by Crippen LogP contribution is 2.24. The molecule has 5 heteroatoms. The van der Waals surface area contributed by atoms with Crippen LogP contribution in [0, 0.1) is 0 Å². The number of rotatable bonds is 1. The summed E-state index contributed by atoms with van der Waals surface area (Å²) in [5.74, 6) is 0.0929. The van der Waals surface area contributed by atoms with Gasteiger partial charge in [-0.05, 0) is 12.1 Å². The van der Waals surface area contributed by atoms with Crippen LogP contribution < -0.4 is 9.92 Å². The molecule has 4 nitrogen and oxygen atoms in total. The molecule has 2 rings (SSSR count). The van der Waals surface area contributed by atoms with Crippen molar-refractivity contribution in [3.05, 3.63) is 71.3 Å². The maximum Gasteiger partial charge on any atom is 0.267 e. The fraction of sp³-hybridized carbons (Fsp3) is 0. The molecule has 1 aliphatic rings. The van der Waals surface area contributed by atoms with Crippen molar-refractivity contribution in [3.8, 4) is 5.75 Å². The number of carbonyl (C=O) groups is 1. The standard InChI is InChI=1S/C16H14N2O2S/c17-16(19)14-12-21-20-15-10-6-5-9-13(15)8-4-2-1-3-7-11-18-14/h1-12H,(H2,17,19). The molecule has 106 valence electrons. The highest BCUT2D eigenvalue weighted by atomic mass is 32.2. The first-order valence-electron chi connectivity index (χ1n) is 6.24. The quantitative estimate of drug-likeness (QED) is 0.809. The minimum absolute atomic E-state index is 0.138. The fourth-order valence-corrected chi connectivity index (χ4v) is 2.06. The van der Waals surface area contributed by atoms with Crippen LogP contribution in [0.1, 0.15) is 5.56 Å². The number of nitrogens with two attached hydrogens (primary N) is 1. The fourth-order valence-electron chi connectivity index (χ4n) is 1.49. The maximum absolute atomic E-state index is 11.3. The van der Waals surface area contributed by atoms with E-state index in [2.05, 4.69) is 4.99 Å². The Bertz CT molecular complexity index is 658. The summed E-state index contributed by atoms with van der Waals surface area (Å²) >= 11 is 1.01. The number of amides is 1. The third-order valence-corrected chi connectivity index (χ3v) is 3.08. The van der Waals surface area contributed by atoms with Gasteiger partial charge in [-0.2, -0.15) is 0 Å². The summed E-state index contributed by atoms with van der Waals surface area (Å²) in [5.41, 5.74) is 6.33. The second-order valence-corrected chi connectivity index (χ2v) is 4.59. The van der Waals surface area contributed by atoms with E-state index in [0.29, 0.717) is 5.75 Å². The number of hydrogen-bond donors (Lipinski definition) is 1. The van der Waals surface area contributed by atoms with Gasteiger partial charge in [0.05, 0.1) is 12.0 Å². The average molecular weight is 298 g/mol. The second kappa shape index (κ2) is 7.91. The number of allylic oxidation sites excluding steroid dienone is 5. The van der Waals surface area contributed by atoms with Crippen LogP contribution in [-0.4, -0.2) is 12.1 Å². The van der Waals surface area contributed by atoms with Crippen LogP contribution in [0.3, 0.4) is 0 Å². The summed E-state index contributed by atoms with van der Waals surface area (Å²) in [7, 11) is 0. The second-order valence-electron chi connectivity index (χ2n) is 3.99. The third-order valence-electron chi connectivity index (χ3n) is 2.49. The predicted molar refractivity (Wildman–Crippen MR) is 87.7 cm³/mol. The van der Waals surface area contributed by atoms with E-state index >= 15 is 0 Å². The molecule has 0 radical (unpaired) electrons. The van der Waals surface area contributed by atoms with E-state index < -0.39 is 5.91 Å². The lowest BCUT2D eigenvalue weighted by molar-refractivity contribution is -0.114. The SMILES string of the molecule is NC(=O)C1=CSOc2ccccc2C=CC=CC=CC=N1. The molecule has 0 bridgehead atoms. The maximum atomic E-state index is 11.3. The van der Waals surface area contributed by atoms with Crippen molar-refractivity contribution in [1.82, 2.24) is 0 Å². The molecular weight excluding hydrogens is 284 g/mol. The Morgan fingerprint density at radius 3 is 2.71 bits per heavy atom. The lowest BCUT2D eigenvalue weighted by Crippen LogP contribution is -2.12. The number of para-hydroxylation sites is 1. The van der Waals surface area contributed by atoms with Gasteiger partial charge in [0.1, 0.15) is 11.4 Å². The lowest BCUT2D eigenvalue weighted by Gasteiger charge is -2.05. The van der Waals surface area contributed by atoms with Crippen molar-refractivity contribution in [2.24, 2.45) is 10.7 Å². The van der Waals surface area contributed by atoms with Crippen molar-refractivity contribution in [2.45, 2.75) is 0 Å². The molecule has 1 aromatic carbocycles. The summed E-state index contributed by atoms with van der Waals surface area (Å²) in [6.07, 6.45) is 12.7. The summed E-state index contributed by atoms with van der Waals surface area (Å²) in [6, 6.07) is 7.60. The predicted octanol–water partition coefficient (Wildman–Crippen LogP) is 3.25. The van der Waals surface area contributed by atoms with Gasteiger partial charge in [-0.25, -0.2) is 0 Å². The number of carbonyl (C=O) groups excluding carboxylic acids is 1. The van der Waals surface area contributed by atoms with Gasteiger partial charge in [0.15, 0.2) is 0 Å². The van der Waals surface area contributed by atoms with Crippen molar-refractivity contribution in [1.29, 1.82) is 0 Å². The molecule has 0 fully saturated rings. The van der Waals surface area contributed by atoms with Crippen molar-refractivity contribution in [2.75, 3.05) is 0 Å². The highest BCUT2D eigenvalue weighted by molar-refractivity contribution is 7.98. The van der Waals surface area contributed by atoms with Crippen LogP contribution in [0.15, 0.2) is 70.7 Å². The van der Waals surface area contributed by atoms with Crippen molar-refractivity contribution >= 4 is 30.2 Å². The van der Waals surface area contributed by atoms with Crippen LogP contribution in [-0.2, 0) is 4.79 Å². The van der Waals surface area contributed by atoms with Gasteiger partial charge in [0.2, 0.25) is 0 Å². The molecule has 0 saturated heterocycles. The smallest absolute Gasteiger partial charge is 0.267 e. The topological polar surface area (TPSA) is 64.7 Å². The van der Waals surface area contributed by atoms with Crippen LogP contribution >= 0.6 is 12.0 Å². The zero-order valence-electron chi connectivity index (χ0n) is 11.2. The average Bonchev–Trinajstić information content (AvgIpc) is 2.48. The minimum Gasteiger partial charge on any atom is -0.421 e. The molecule has 1 aromatic rings. The zero-order chi connectivity index (χ0) is 14.9. The Kier molecular flexibility index (Phi) is 5.60. The number of nitrogens with zero attached hydrogens (tertiary/aromatic N) is 1. The molecule has 2 N–H and O–H groups in total. The molecule has 21 heavy (non-hydrogen) atoms. The Balaban J connectivity index is 2.32. The van der Waals surface area contributed by atoms with Gasteiger partial charge < -0.3 is 9.92 Å². The lowest BCUT2D eigenvalue weighted by atomic mass is 10.2. The molecule has 0 aromatic heterocycles. The summed E-state index contributed by atoms with van der Waals surface area (Å²) in [5, 5.41) is 1.48. The summed E-state index contributed by atoms with van der Waals surface area (Å²) in [4.78, 5) is 15.3. The summed E-state index contributed by atoms with van der Waals surface area (Å²) < 4.78 is 5.58. The Hall–Kier alpha value is -2.53. The Morgan fingerprint density at radius 1 is 1.10 bits per heavy atom. The number of benzene rings is 1. The van der Waals surface area contributed by atoms with E-state index in [0.717, 1.165) is 17.6 Å². The monoisotopic (exact) mass is 298 g/mol. The summed E-state index contributed by atoms with van der Waals surface area (Å²) in [6.45, 7) is 0. The largest absolute Gasteiger partial charge is 0.421 e. The highest BCUT2D eigenvalue weighted by Gasteiger charge is 2.04. The number of fused-ring (bicyclic) bond motifs is 1.